The number of anilines is 1. The van der Waals surface area contributed by atoms with Gasteiger partial charge in [-0.25, -0.2) is 9.37 Å². The average molecular weight is 662 g/mol. The first-order valence-corrected chi connectivity index (χ1v) is 18.9. The van der Waals surface area contributed by atoms with Crippen LogP contribution in [0.15, 0.2) is 48.7 Å². The number of imidazole rings is 1. The van der Waals surface area contributed by atoms with Crippen molar-refractivity contribution in [2.24, 2.45) is 0 Å². The van der Waals surface area contributed by atoms with E-state index in [2.05, 4.69) is 55.1 Å². The van der Waals surface area contributed by atoms with Crippen molar-refractivity contribution >= 4 is 25.2 Å². The number of rotatable bonds is 11. The van der Waals surface area contributed by atoms with E-state index in [4.69, 9.17) is 9.72 Å². The number of carbonyl (C=O) groups is 1. The summed E-state index contributed by atoms with van der Waals surface area (Å²) in [7, 11) is -0.0379. The summed E-state index contributed by atoms with van der Waals surface area (Å²) in [5.74, 6) is -0.721. The minimum absolute atomic E-state index is 0.0379. The van der Waals surface area contributed by atoms with Gasteiger partial charge in [0.15, 0.2) is 5.65 Å². The van der Waals surface area contributed by atoms with Crippen LogP contribution in [-0.2, 0) is 16.6 Å². The summed E-state index contributed by atoms with van der Waals surface area (Å²) in [6, 6.07) is 12.8. The van der Waals surface area contributed by atoms with Crippen LogP contribution in [0.1, 0.15) is 70.2 Å². The number of carboxylic acid groups (broad SMARTS) is 1. The average Bonchev–Trinajstić information content (AvgIpc) is 3.26. The number of nitrogens with zero attached hydrogens (tertiary/aromatic N) is 3. The number of aryl methyl sites for hydroxylation is 1. The zero-order valence-corrected chi connectivity index (χ0v) is 29.5. The second-order valence-electron chi connectivity index (χ2n) is 14.0. The first-order valence-electron chi connectivity index (χ1n) is 16.8. The highest BCUT2D eigenvalue weighted by atomic mass is 31.1. The van der Waals surface area contributed by atoms with Crippen LogP contribution < -0.4 is 9.64 Å². The Hall–Kier alpha value is -3.48. The molecule has 1 fully saturated rings. The number of carboxylic acids is 1. The van der Waals surface area contributed by atoms with E-state index < -0.39 is 5.97 Å². The first-order chi connectivity index (χ1) is 22.4. The van der Waals surface area contributed by atoms with Gasteiger partial charge in [-0.1, -0.05) is 39.0 Å². The number of aromatic nitrogens is 2. The number of aliphatic carboxylic acids is 1. The molecule has 2 unspecified atom stereocenters. The zero-order valence-electron chi connectivity index (χ0n) is 28.6. The number of unbranched alkanes of at least 4 members (excludes halogenated alkanes) is 1. The number of fused-ring (bicyclic) bond motifs is 1. The van der Waals surface area contributed by atoms with Gasteiger partial charge in [0, 0.05) is 48.5 Å². The number of aliphatic hydroxyl groups excluding tert-OH is 1. The maximum absolute atomic E-state index is 14.5. The molecule has 0 radical (unpaired) electrons. The minimum atomic E-state index is -0.846. The lowest BCUT2D eigenvalue weighted by atomic mass is 9.88. The molecule has 5 rings (SSSR count). The number of halogens is 1. The maximum atomic E-state index is 14.5. The summed E-state index contributed by atoms with van der Waals surface area (Å²) < 4.78 is 22.9. The molecule has 1 aliphatic heterocycles. The molecule has 9 heteroatoms. The van der Waals surface area contributed by atoms with Crippen molar-refractivity contribution in [3.05, 3.63) is 71.3 Å². The topological polar surface area (TPSA) is 87.3 Å². The molecule has 1 aliphatic rings. The van der Waals surface area contributed by atoms with Crippen molar-refractivity contribution in [1.82, 2.24) is 9.38 Å². The third kappa shape index (κ3) is 7.98. The number of pyridine rings is 1. The first kappa shape index (κ1) is 34.8. The number of ether oxygens (including phenoxy) is 1. The second kappa shape index (κ2) is 14.7. The molecule has 0 amide bonds. The molecule has 2 atom stereocenters. The third-order valence-electron chi connectivity index (χ3n) is 9.02. The predicted molar refractivity (Wildman–Crippen MR) is 191 cm³/mol. The van der Waals surface area contributed by atoms with Gasteiger partial charge in [-0.3, -0.25) is 4.79 Å². The highest BCUT2D eigenvalue weighted by Gasteiger charge is 2.30. The Bertz CT molecular complexity index is 1730. The van der Waals surface area contributed by atoms with Crippen LogP contribution in [0.5, 0.6) is 5.75 Å². The number of aliphatic hydroxyl groups is 1. The van der Waals surface area contributed by atoms with Crippen LogP contribution in [0.25, 0.3) is 28.0 Å². The SMILES string of the molecule is Cc1cn2c(C(C)(C)C)c(-c3cccc(-c4ccc(F)cc4OC(C)CCCCO)c3)nc2c(N2CCCP(C)CC2)c1CC(=O)O. The quantitative estimate of drug-likeness (QED) is 0.124. The summed E-state index contributed by atoms with van der Waals surface area (Å²) >= 11 is 0. The molecule has 3 heterocycles. The Morgan fingerprint density at radius 2 is 1.87 bits per heavy atom. The van der Waals surface area contributed by atoms with Crippen LogP contribution >= 0.6 is 7.92 Å². The molecule has 0 spiro atoms. The van der Waals surface area contributed by atoms with Gasteiger partial charge in [0.2, 0.25) is 0 Å². The lowest BCUT2D eigenvalue weighted by Gasteiger charge is -2.28. The summed E-state index contributed by atoms with van der Waals surface area (Å²) in [6.45, 7) is 14.8. The fourth-order valence-electron chi connectivity index (χ4n) is 6.70. The van der Waals surface area contributed by atoms with Gasteiger partial charge >= 0.3 is 5.97 Å². The van der Waals surface area contributed by atoms with Gasteiger partial charge in [0.25, 0.3) is 0 Å². The molecule has 4 aromatic rings. The predicted octanol–water partition coefficient (Wildman–Crippen LogP) is 8.29. The molecular weight excluding hydrogens is 612 g/mol. The second-order valence-corrected chi connectivity index (χ2v) is 16.6. The molecular formula is C38H49FN3O4P. The minimum Gasteiger partial charge on any atom is -0.490 e. The molecule has 47 heavy (non-hydrogen) atoms. The monoisotopic (exact) mass is 661 g/mol. The molecule has 0 aliphatic carbocycles. The van der Waals surface area contributed by atoms with Crippen LogP contribution in [-0.4, -0.2) is 70.4 Å². The standard InChI is InChI=1S/C38H49FN3O4P/c1-25-24-42-36(38(3,4)5)34(40-37(42)35(31(25)23-33(44)45)41-16-10-19-47(6)20-17-41)28-13-9-12-27(21-28)30-15-14-29(39)22-32(30)46-26(2)11-7-8-18-43/h9,12-15,21-22,24,26,43H,7-8,10-11,16-20,23H2,1-6H3,(H,44,45). The Morgan fingerprint density at radius 1 is 1.11 bits per heavy atom. The molecule has 7 nitrogen and oxygen atoms in total. The maximum Gasteiger partial charge on any atom is 0.307 e. The molecule has 0 saturated carbocycles. The number of benzene rings is 2. The fraction of sp³-hybridized carbons (Fsp3) is 0.474. The van der Waals surface area contributed by atoms with E-state index in [1.807, 2.05) is 26.0 Å². The van der Waals surface area contributed by atoms with Crippen molar-refractivity contribution in [2.75, 3.05) is 43.6 Å². The smallest absolute Gasteiger partial charge is 0.307 e. The molecule has 2 N–H and O–H groups in total. The Labute approximate surface area is 279 Å². The van der Waals surface area contributed by atoms with E-state index >= 15 is 0 Å². The number of hydrogen-bond acceptors (Lipinski definition) is 5. The largest absolute Gasteiger partial charge is 0.490 e. The van der Waals surface area contributed by atoms with Crippen molar-refractivity contribution < 1.29 is 24.1 Å². The lowest BCUT2D eigenvalue weighted by molar-refractivity contribution is -0.136. The van der Waals surface area contributed by atoms with E-state index in [0.717, 1.165) is 89.1 Å². The van der Waals surface area contributed by atoms with Crippen molar-refractivity contribution in [1.29, 1.82) is 0 Å². The summed E-state index contributed by atoms with van der Waals surface area (Å²) in [4.78, 5) is 19.9. The summed E-state index contributed by atoms with van der Waals surface area (Å²) in [6.07, 6.45) is 7.58. The van der Waals surface area contributed by atoms with Gasteiger partial charge in [0.05, 0.1) is 29.6 Å². The van der Waals surface area contributed by atoms with Gasteiger partial charge < -0.3 is 24.3 Å². The van der Waals surface area contributed by atoms with Gasteiger partial charge in [-0.15, -0.1) is 7.92 Å². The van der Waals surface area contributed by atoms with E-state index in [0.29, 0.717) is 12.2 Å². The van der Waals surface area contributed by atoms with Crippen molar-refractivity contribution in [2.45, 2.75) is 78.2 Å². The van der Waals surface area contributed by atoms with Crippen LogP contribution in [0.3, 0.4) is 0 Å². The Kier molecular flexibility index (Phi) is 10.9. The number of hydrogen-bond donors (Lipinski definition) is 2. The Balaban J connectivity index is 1.67. The summed E-state index contributed by atoms with van der Waals surface area (Å²) in [5.41, 5.74) is 7.75. The normalized spacial score (nSPS) is 16.3. The van der Waals surface area contributed by atoms with E-state index in [-0.39, 0.29) is 38.3 Å². The molecule has 1 saturated heterocycles. The highest BCUT2D eigenvalue weighted by Crippen LogP contribution is 2.42. The van der Waals surface area contributed by atoms with Gasteiger partial charge in [0.1, 0.15) is 11.6 Å². The van der Waals surface area contributed by atoms with E-state index in [9.17, 15) is 19.4 Å². The van der Waals surface area contributed by atoms with Crippen LogP contribution in [0.2, 0.25) is 0 Å². The fourth-order valence-corrected chi connectivity index (χ4v) is 8.19. The van der Waals surface area contributed by atoms with Crippen molar-refractivity contribution in [3.8, 4) is 28.1 Å². The van der Waals surface area contributed by atoms with Crippen LogP contribution in [0.4, 0.5) is 10.1 Å². The zero-order chi connectivity index (χ0) is 33.9. The summed E-state index contributed by atoms with van der Waals surface area (Å²) in [5, 5.41) is 19.1. The Morgan fingerprint density at radius 3 is 2.60 bits per heavy atom. The molecule has 2 aromatic heterocycles. The molecule has 0 bridgehead atoms. The highest BCUT2D eigenvalue weighted by molar-refractivity contribution is 7.56. The van der Waals surface area contributed by atoms with Gasteiger partial charge in [-0.05, 0) is 93.4 Å². The molecule has 2 aromatic carbocycles. The van der Waals surface area contributed by atoms with E-state index in [1.165, 1.54) is 18.3 Å². The molecule has 252 valence electrons. The van der Waals surface area contributed by atoms with E-state index in [1.54, 1.807) is 6.07 Å². The van der Waals surface area contributed by atoms with Crippen molar-refractivity contribution in [3.63, 3.8) is 0 Å². The van der Waals surface area contributed by atoms with Gasteiger partial charge in [-0.2, -0.15) is 0 Å². The lowest BCUT2D eigenvalue weighted by Crippen LogP contribution is -2.28. The third-order valence-corrected chi connectivity index (χ3v) is 11.1. The van der Waals surface area contributed by atoms with Crippen LogP contribution in [0, 0.1) is 12.7 Å².